The predicted octanol–water partition coefficient (Wildman–Crippen LogP) is 3.33. The largest absolute Gasteiger partial charge is 0.336 e. The summed E-state index contributed by atoms with van der Waals surface area (Å²) >= 11 is 0. The highest BCUT2D eigenvalue weighted by atomic mass is 16.2. The van der Waals surface area contributed by atoms with E-state index in [1.165, 1.54) is 18.4 Å². The molecule has 0 unspecified atom stereocenters. The van der Waals surface area contributed by atoms with Gasteiger partial charge in [0.05, 0.1) is 5.69 Å². The average Bonchev–Trinajstić information content (AvgIpc) is 3.29. The number of aryl methyl sites for hydroxylation is 1. The minimum atomic E-state index is 0.0383. The number of benzene rings is 1. The van der Waals surface area contributed by atoms with Crippen molar-refractivity contribution in [1.29, 1.82) is 0 Å². The number of likely N-dealkylation sites (tertiary alicyclic amines) is 1. The molecule has 0 saturated carbocycles. The van der Waals surface area contributed by atoms with Gasteiger partial charge in [0.2, 0.25) is 0 Å². The van der Waals surface area contributed by atoms with E-state index in [1.54, 1.807) is 0 Å². The van der Waals surface area contributed by atoms with Gasteiger partial charge >= 0.3 is 0 Å². The number of likely N-dealkylation sites (N-methyl/N-ethyl adjacent to an activating group) is 2. The quantitative estimate of drug-likeness (QED) is 0.877. The molecule has 1 atom stereocenters. The fourth-order valence-electron chi connectivity index (χ4n) is 3.60. The number of H-pyrrole nitrogens is 1. The molecule has 25 heavy (non-hydrogen) atoms. The first kappa shape index (κ1) is 17.7. The Hall–Kier alpha value is -2.14. The van der Waals surface area contributed by atoms with Gasteiger partial charge in [-0.2, -0.15) is 5.10 Å². The molecule has 1 aromatic carbocycles. The Balaban J connectivity index is 1.71. The Morgan fingerprint density at radius 1 is 1.32 bits per heavy atom. The third-order valence-corrected chi connectivity index (χ3v) is 5.16. The standard InChI is InChI=1S/C20H28N4O/c1-4-23-12-6-7-17(23)14-24(5-2)20(25)19-13-18(21-22-19)16-10-8-15(3)9-11-16/h8-11,13,17H,4-7,12,14H2,1-3H3,(H,21,22)/t17-/m1/s1. The molecule has 1 aromatic heterocycles. The average molecular weight is 340 g/mol. The summed E-state index contributed by atoms with van der Waals surface area (Å²) in [5.41, 5.74) is 3.62. The molecule has 1 aliphatic rings. The maximum atomic E-state index is 12.9. The second-order valence-electron chi connectivity index (χ2n) is 6.80. The SMILES string of the molecule is CCN(C[C@H]1CCCN1CC)C(=O)c1cc(-c2ccc(C)cc2)n[nH]1. The fraction of sp³-hybridized carbons (Fsp3) is 0.500. The van der Waals surface area contributed by atoms with E-state index in [-0.39, 0.29) is 5.91 Å². The van der Waals surface area contributed by atoms with E-state index in [1.807, 2.05) is 30.0 Å². The predicted molar refractivity (Wildman–Crippen MR) is 101 cm³/mol. The van der Waals surface area contributed by atoms with E-state index in [2.05, 4.69) is 41.1 Å². The summed E-state index contributed by atoms with van der Waals surface area (Å²) in [4.78, 5) is 17.3. The van der Waals surface area contributed by atoms with Gasteiger partial charge in [-0.25, -0.2) is 0 Å². The van der Waals surface area contributed by atoms with Crippen LogP contribution in [-0.2, 0) is 0 Å². The first-order chi connectivity index (χ1) is 12.1. The monoisotopic (exact) mass is 340 g/mol. The molecule has 1 amide bonds. The first-order valence-corrected chi connectivity index (χ1v) is 9.28. The third-order valence-electron chi connectivity index (χ3n) is 5.16. The molecule has 0 aliphatic carbocycles. The van der Waals surface area contributed by atoms with Crippen LogP contribution < -0.4 is 0 Å². The second kappa shape index (κ2) is 7.83. The summed E-state index contributed by atoms with van der Waals surface area (Å²) in [5.74, 6) is 0.0383. The highest BCUT2D eigenvalue weighted by Gasteiger charge is 2.27. The summed E-state index contributed by atoms with van der Waals surface area (Å²) in [6, 6.07) is 10.5. The van der Waals surface area contributed by atoms with Crippen LogP contribution in [0.15, 0.2) is 30.3 Å². The van der Waals surface area contributed by atoms with Crippen LogP contribution >= 0.6 is 0 Å². The maximum absolute atomic E-state index is 12.9. The van der Waals surface area contributed by atoms with Crippen LogP contribution in [0.5, 0.6) is 0 Å². The van der Waals surface area contributed by atoms with Gasteiger partial charge in [-0.3, -0.25) is 14.8 Å². The van der Waals surface area contributed by atoms with Gasteiger partial charge < -0.3 is 4.90 Å². The smallest absolute Gasteiger partial charge is 0.271 e. The first-order valence-electron chi connectivity index (χ1n) is 9.28. The molecule has 3 rings (SSSR count). The zero-order chi connectivity index (χ0) is 17.8. The zero-order valence-electron chi connectivity index (χ0n) is 15.5. The van der Waals surface area contributed by atoms with Crippen molar-refractivity contribution in [3.05, 3.63) is 41.6 Å². The minimum Gasteiger partial charge on any atom is -0.336 e. The molecule has 1 N–H and O–H groups in total. The Morgan fingerprint density at radius 2 is 2.08 bits per heavy atom. The zero-order valence-corrected chi connectivity index (χ0v) is 15.5. The van der Waals surface area contributed by atoms with Crippen molar-refractivity contribution in [1.82, 2.24) is 20.0 Å². The number of carbonyl (C=O) groups is 1. The lowest BCUT2D eigenvalue weighted by Gasteiger charge is -2.29. The van der Waals surface area contributed by atoms with Gasteiger partial charge in [0.15, 0.2) is 0 Å². The van der Waals surface area contributed by atoms with Gasteiger partial charge in [0, 0.05) is 24.7 Å². The Bertz CT molecular complexity index is 707. The van der Waals surface area contributed by atoms with Crippen molar-refractivity contribution in [3.63, 3.8) is 0 Å². The Kier molecular flexibility index (Phi) is 5.53. The lowest BCUT2D eigenvalue weighted by Crippen LogP contribution is -2.43. The number of hydrogen-bond donors (Lipinski definition) is 1. The molecule has 1 fully saturated rings. The van der Waals surface area contributed by atoms with Crippen molar-refractivity contribution < 1.29 is 4.79 Å². The van der Waals surface area contributed by atoms with Crippen LogP contribution in [0.1, 0.15) is 42.7 Å². The fourth-order valence-corrected chi connectivity index (χ4v) is 3.60. The summed E-state index contributed by atoms with van der Waals surface area (Å²) in [7, 11) is 0. The van der Waals surface area contributed by atoms with Crippen LogP contribution in [0.25, 0.3) is 11.3 Å². The normalized spacial score (nSPS) is 17.8. The number of hydrogen-bond acceptors (Lipinski definition) is 3. The summed E-state index contributed by atoms with van der Waals surface area (Å²) in [5, 5.41) is 7.26. The molecule has 2 aromatic rings. The van der Waals surface area contributed by atoms with Gasteiger partial charge in [-0.05, 0) is 45.8 Å². The number of nitrogens with zero attached hydrogens (tertiary/aromatic N) is 3. The molecular weight excluding hydrogens is 312 g/mol. The van der Waals surface area contributed by atoms with Gasteiger partial charge in [0.1, 0.15) is 5.69 Å². The molecular formula is C20H28N4O. The third kappa shape index (κ3) is 3.93. The number of aromatic amines is 1. The van der Waals surface area contributed by atoms with Gasteiger partial charge in [-0.15, -0.1) is 0 Å². The van der Waals surface area contributed by atoms with Crippen molar-refractivity contribution in [2.24, 2.45) is 0 Å². The van der Waals surface area contributed by atoms with E-state index in [4.69, 9.17) is 0 Å². The van der Waals surface area contributed by atoms with E-state index in [0.29, 0.717) is 18.3 Å². The Morgan fingerprint density at radius 3 is 2.76 bits per heavy atom. The maximum Gasteiger partial charge on any atom is 0.271 e. The molecule has 1 aliphatic heterocycles. The molecule has 2 heterocycles. The molecule has 0 bridgehead atoms. The van der Waals surface area contributed by atoms with E-state index >= 15 is 0 Å². The van der Waals surface area contributed by atoms with E-state index < -0.39 is 0 Å². The molecule has 5 nitrogen and oxygen atoms in total. The number of nitrogens with one attached hydrogen (secondary N) is 1. The van der Waals surface area contributed by atoms with Gasteiger partial charge in [-0.1, -0.05) is 36.8 Å². The molecule has 134 valence electrons. The van der Waals surface area contributed by atoms with Crippen LogP contribution in [0.2, 0.25) is 0 Å². The lowest BCUT2D eigenvalue weighted by molar-refractivity contribution is 0.0712. The number of aromatic nitrogens is 2. The number of rotatable bonds is 6. The van der Waals surface area contributed by atoms with Crippen LogP contribution in [0.4, 0.5) is 0 Å². The van der Waals surface area contributed by atoms with Crippen LogP contribution in [0, 0.1) is 6.92 Å². The number of carbonyl (C=O) groups excluding carboxylic acids is 1. The summed E-state index contributed by atoms with van der Waals surface area (Å²) in [6.45, 7) is 10.0. The van der Waals surface area contributed by atoms with E-state index in [0.717, 1.165) is 30.9 Å². The number of amides is 1. The molecule has 0 spiro atoms. The summed E-state index contributed by atoms with van der Waals surface area (Å²) in [6.07, 6.45) is 2.40. The summed E-state index contributed by atoms with van der Waals surface area (Å²) < 4.78 is 0. The van der Waals surface area contributed by atoms with Crippen molar-refractivity contribution >= 4 is 5.91 Å². The van der Waals surface area contributed by atoms with Crippen LogP contribution in [0.3, 0.4) is 0 Å². The highest BCUT2D eigenvalue weighted by Crippen LogP contribution is 2.21. The highest BCUT2D eigenvalue weighted by molar-refractivity contribution is 5.93. The molecule has 1 saturated heterocycles. The second-order valence-corrected chi connectivity index (χ2v) is 6.80. The van der Waals surface area contributed by atoms with Crippen LogP contribution in [-0.4, -0.2) is 58.1 Å². The van der Waals surface area contributed by atoms with Crippen molar-refractivity contribution in [2.45, 2.75) is 39.7 Å². The van der Waals surface area contributed by atoms with E-state index in [9.17, 15) is 4.79 Å². The van der Waals surface area contributed by atoms with Gasteiger partial charge in [0.25, 0.3) is 5.91 Å². The Labute approximate surface area is 150 Å². The lowest BCUT2D eigenvalue weighted by atomic mass is 10.1. The molecule has 5 heteroatoms. The van der Waals surface area contributed by atoms with Crippen molar-refractivity contribution in [3.8, 4) is 11.3 Å². The van der Waals surface area contributed by atoms with Crippen molar-refractivity contribution in [2.75, 3.05) is 26.2 Å². The minimum absolute atomic E-state index is 0.0383. The topological polar surface area (TPSA) is 52.2 Å². The molecule has 0 radical (unpaired) electrons.